The lowest BCUT2D eigenvalue weighted by Crippen LogP contribution is -1.99. The van der Waals surface area contributed by atoms with Gasteiger partial charge in [-0.25, -0.2) is 9.59 Å². The third-order valence-corrected chi connectivity index (χ3v) is 3.61. The number of carboxylic acid groups (broad SMARTS) is 1. The van der Waals surface area contributed by atoms with E-state index in [1.165, 1.54) is 12.3 Å². The van der Waals surface area contributed by atoms with E-state index in [0.717, 1.165) is 10.2 Å². The molecule has 0 radical (unpaired) electrons. The van der Waals surface area contributed by atoms with Crippen molar-refractivity contribution < 1.29 is 14.3 Å². The number of carbonyl (C=O) groups is 1. The molecule has 0 unspecified atom stereocenters. The first-order chi connectivity index (χ1) is 10.0. The number of H-pyrrole nitrogens is 2. The number of anilines is 1. The fourth-order valence-electron chi connectivity index (χ4n) is 1.96. The second-order valence-electron chi connectivity index (χ2n) is 4.42. The molecule has 2 aromatic heterocycles. The lowest BCUT2D eigenvalue weighted by Gasteiger charge is -2.07. The average molecular weight is 352 g/mol. The fraction of sp³-hybridized carbons (Fsp3) is 0.0769. The number of imidazole rings is 1. The van der Waals surface area contributed by atoms with Gasteiger partial charge in [-0.15, -0.1) is 0 Å². The Labute approximate surface area is 126 Å². The lowest BCUT2D eigenvalue weighted by molar-refractivity contribution is 0.0696. The van der Waals surface area contributed by atoms with Crippen LogP contribution in [0.5, 0.6) is 0 Å². The normalized spacial score (nSPS) is 10.9. The van der Waals surface area contributed by atoms with E-state index < -0.39 is 5.97 Å². The Bertz CT molecular complexity index is 877. The molecule has 21 heavy (non-hydrogen) atoms. The molecule has 4 N–H and O–H groups in total. The Morgan fingerprint density at radius 3 is 2.67 bits per heavy atom. The monoisotopic (exact) mass is 351 g/mol. The van der Waals surface area contributed by atoms with Crippen molar-refractivity contribution in [3.05, 3.63) is 50.7 Å². The molecule has 2 heterocycles. The molecule has 0 spiro atoms. The predicted molar refractivity (Wildman–Crippen MR) is 79.6 cm³/mol. The summed E-state index contributed by atoms with van der Waals surface area (Å²) in [5.41, 5.74) is 1.97. The maximum Gasteiger partial charge on any atom is 0.338 e. The summed E-state index contributed by atoms with van der Waals surface area (Å²) in [5.74, 6) is -0.528. The molecule has 1 aromatic carbocycles. The first-order valence-corrected chi connectivity index (χ1v) is 6.78. The third-order valence-electron chi connectivity index (χ3n) is 2.96. The summed E-state index contributed by atoms with van der Waals surface area (Å²) < 4.78 is 5.93. The summed E-state index contributed by atoms with van der Waals surface area (Å²) in [7, 11) is 0. The van der Waals surface area contributed by atoms with Crippen LogP contribution in [-0.4, -0.2) is 21.0 Å². The van der Waals surface area contributed by atoms with Crippen LogP contribution in [0.3, 0.4) is 0 Å². The van der Waals surface area contributed by atoms with Crippen molar-refractivity contribution in [2.45, 2.75) is 6.54 Å². The Kier molecular flexibility index (Phi) is 3.30. The van der Waals surface area contributed by atoms with Crippen LogP contribution in [0, 0.1) is 0 Å². The maximum absolute atomic E-state index is 11.2. The Morgan fingerprint density at radius 2 is 2.00 bits per heavy atom. The molecule has 0 aliphatic carbocycles. The zero-order valence-electron chi connectivity index (χ0n) is 10.6. The van der Waals surface area contributed by atoms with Gasteiger partial charge in [0.15, 0.2) is 0 Å². The SMILES string of the molecule is O=C(O)c1coc(CNc2cc3[nH]c(=O)[nH]c3cc2Br)c1. The molecule has 0 aliphatic heterocycles. The number of hydrogen-bond donors (Lipinski definition) is 4. The molecule has 0 saturated heterocycles. The number of benzene rings is 1. The van der Waals surface area contributed by atoms with Crippen LogP contribution in [0.15, 0.2) is 38.1 Å². The van der Waals surface area contributed by atoms with E-state index >= 15 is 0 Å². The molecule has 108 valence electrons. The molecular formula is C13H10BrN3O4. The summed E-state index contributed by atoms with van der Waals surface area (Å²) in [6, 6.07) is 5.01. The number of fused-ring (bicyclic) bond motifs is 1. The molecule has 0 bridgehead atoms. The highest BCUT2D eigenvalue weighted by Crippen LogP contribution is 2.27. The summed E-state index contributed by atoms with van der Waals surface area (Å²) in [5, 5.41) is 11.9. The number of furan rings is 1. The Morgan fingerprint density at radius 1 is 1.29 bits per heavy atom. The summed E-state index contributed by atoms with van der Waals surface area (Å²) in [6.45, 7) is 0.325. The van der Waals surface area contributed by atoms with Crippen molar-refractivity contribution in [2.75, 3.05) is 5.32 Å². The van der Waals surface area contributed by atoms with Crippen LogP contribution in [0.25, 0.3) is 11.0 Å². The van der Waals surface area contributed by atoms with Crippen LogP contribution in [0.2, 0.25) is 0 Å². The molecular weight excluding hydrogens is 342 g/mol. The topological polar surface area (TPSA) is 111 Å². The van der Waals surface area contributed by atoms with E-state index in [4.69, 9.17) is 9.52 Å². The summed E-state index contributed by atoms with van der Waals surface area (Å²) >= 11 is 3.41. The van der Waals surface area contributed by atoms with E-state index in [0.29, 0.717) is 23.3 Å². The minimum atomic E-state index is -1.03. The molecule has 0 aliphatic rings. The molecule has 7 nitrogen and oxygen atoms in total. The van der Waals surface area contributed by atoms with Crippen LogP contribution in [0.1, 0.15) is 16.1 Å². The molecule has 8 heteroatoms. The number of aromatic amines is 2. The van der Waals surface area contributed by atoms with E-state index in [-0.39, 0.29) is 11.3 Å². The van der Waals surface area contributed by atoms with Gasteiger partial charge in [-0.2, -0.15) is 0 Å². The van der Waals surface area contributed by atoms with Gasteiger partial charge in [-0.1, -0.05) is 0 Å². The van der Waals surface area contributed by atoms with Gasteiger partial charge in [0, 0.05) is 4.47 Å². The smallest absolute Gasteiger partial charge is 0.338 e. The van der Waals surface area contributed by atoms with Crippen molar-refractivity contribution in [1.82, 2.24) is 9.97 Å². The van der Waals surface area contributed by atoms with Crippen LogP contribution in [-0.2, 0) is 6.54 Å². The third kappa shape index (κ3) is 2.70. The minimum Gasteiger partial charge on any atom is -0.478 e. The van der Waals surface area contributed by atoms with Gasteiger partial charge in [0.05, 0.1) is 28.8 Å². The maximum atomic E-state index is 11.2. The number of nitrogens with one attached hydrogen (secondary N) is 3. The highest BCUT2D eigenvalue weighted by Gasteiger charge is 2.09. The quantitative estimate of drug-likeness (QED) is 0.577. The lowest BCUT2D eigenvalue weighted by atomic mass is 10.2. The zero-order valence-corrected chi connectivity index (χ0v) is 12.2. The summed E-state index contributed by atoms with van der Waals surface area (Å²) in [6.07, 6.45) is 1.20. The van der Waals surface area contributed by atoms with Gasteiger partial charge >= 0.3 is 11.7 Å². The van der Waals surface area contributed by atoms with Gasteiger partial charge in [0.25, 0.3) is 0 Å². The van der Waals surface area contributed by atoms with Crippen molar-refractivity contribution >= 4 is 38.6 Å². The number of halogens is 1. The second-order valence-corrected chi connectivity index (χ2v) is 5.27. The molecule has 0 amide bonds. The predicted octanol–water partition coefficient (Wildman–Crippen LogP) is 2.52. The van der Waals surface area contributed by atoms with Crippen LogP contribution < -0.4 is 11.0 Å². The molecule has 3 aromatic rings. The van der Waals surface area contributed by atoms with Crippen molar-refractivity contribution in [2.24, 2.45) is 0 Å². The van der Waals surface area contributed by atoms with Gasteiger partial charge in [0.2, 0.25) is 0 Å². The average Bonchev–Trinajstić information content (AvgIpc) is 3.01. The number of carboxylic acids is 1. The standard InChI is InChI=1S/C13H10BrN3O4/c14-8-2-10-11(17-13(20)16-10)3-9(8)15-4-7-1-6(5-21-7)12(18)19/h1-3,5,15H,4H2,(H,18,19)(H2,16,17,20). The van der Waals surface area contributed by atoms with E-state index in [9.17, 15) is 9.59 Å². The Hall–Kier alpha value is -2.48. The Balaban J connectivity index is 1.82. The van der Waals surface area contributed by atoms with E-state index in [2.05, 4.69) is 31.2 Å². The first kappa shape index (κ1) is 13.5. The fourth-order valence-corrected chi connectivity index (χ4v) is 2.44. The van der Waals surface area contributed by atoms with Gasteiger partial charge in [-0.05, 0) is 34.1 Å². The van der Waals surface area contributed by atoms with Gasteiger partial charge < -0.3 is 24.8 Å². The van der Waals surface area contributed by atoms with Crippen LogP contribution in [0.4, 0.5) is 5.69 Å². The van der Waals surface area contributed by atoms with Crippen LogP contribution >= 0.6 is 15.9 Å². The molecule has 0 saturated carbocycles. The van der Waals surface area contributed by atoms with E-state index in [1.54, 1.807) is 12.1 Å². The van der Waals surface area contributed by atoms with Crippen molar-refractivity contribution in [3.63, 3.8) is 0 Å². The highest BCUT2D eigenvalue weighted by molar-refractivity contribution is 9.10. The largest absolute Gasteiger partial charge is 0.478 e. The first-order valence-electron chi connectivity index (χ1n) is 5.99. The highest BCUT2D eigenvalue weighted by atomic mass is 79.9. The number of aromatic carboxylic acids is 1. The van der Waals surface area contributed by atoms with Gasteiger partial charge in [0.1, 0.15) is 12.0 Å². The number of aromatic nitrogens is 2. The van der Waals surface area contributed by atoms with Crippen molar-refractivity contribution in [3.8, 4) is 0 Å². The van der Waals surface area contributed by atoms with Gasteiger partial charge in [-0.3, -0.25) is 0 Å². The van der Waals surface area contributed by atoms with Crippen molar-refractivity contribution in [1.29, 1.82) is 0 Å². The number of hydrogen-bond acceptors (Lipinski definition) is 4. The summed E-state index contributed by atoms with van der Waals surface area (Å²) in [4.78, 5) is 27.3. The second kappa shape index (κ2) is 5.13. The number of rotatable bonds is 4. The molecule has 0 fully saturated rings. The minimum absolute atomic E-state index is 0.108. The van der Waals surface area contributed by atoms with E-state index in [1.807, 2.05) is 0 Å². The molecule has 3 rings (SSSR count). The zero-order chi connectivity index (χ0) is 15.0. The molecule has 0 atom stereocenters.